The molecule has 1 unspecified atom stereocenters. The molecule has 1 heterocycles. The van der Waals surface area contributed by atoms with Crippen molar-refractivity contribution in [3.8, 4) is 0 Å². The summed E-state index contributed by atoms with van der Waals surface area (Å²) >= 11 is 0. The Kier molecular flexibility index (Phi) is 2.73. The van der Waals surface area contributed by atoms with Gasteiger partial charge in [-0.3, -0.25) is 0 Å². The number of nitrogens with two attached hydrogens (primary N) is 1. The Morgan fingerprint density at radius 1 is 1.40 bits per heavy atom. The van der Waals surface area contributed by atoms with Gasteiger partial charge in [0.05, 0.1) is 5.52 Å². The highest BCUT2D eigenvalue weighted by Gasteiger charge is 2.05. The van der Waals surface area contributed by atoms with Gasteiger partial charge in [0.25, 0.3) is 0 Å². The summed E-state index contributed by atoms with van der Waals surface area (Å²) in [6.07, 6.45) is 1.98. The number of fused-ring (bicyclic) bond motifs is 1. The Labute approximate surface area is 88.5 Å². The van der Waals surface area contributed by atoms with E-state index in [-0.39, 0.29) is 5.82 Å². The van der Waals surface area contributed by atoms with Gasteiger partial charge in [-0.05, 0) is 42.1 Å². The molecule has 15 heavy (non-hydrogen) atoms. The van der Waals surface area contributed by atoms with Crippen LogP contribution in [0.25, 0.3) is 10.9 Å². The number of hydrogen-bond acceptors (Lipinski definition) is 1. The lowest BCUT2D eigenvalue weighted by molar-refractivity contribution is 0.501. The van der Waals surface area contributed by atoms with E-state index in [1.807, 2.05) is 12.3 Å². The van der Waals surface area contributed by atoms with Crippen LogP contribution in [-0.4, -0.2) is 11.1 Å². The Bertz CT molecular complexity index is 462. The van der Waals surface area contributed by atoms with E-state index in [1.54, 1.807) is 12.1 Å². The van der Waals surface area contributed by atoms with Crippen LogP contribution < -0.4 is 5.73 Å². The average molecular weight is 206 g/mol. The second-order valence-electron chi connectivity index (χ2n) is 4.01. The van der Waals surface area contributed by atoms with Gasteiger partial charge in [0.2, 0.25) is 0 Å². The summed E-state index contributed by atoms with van der Waals surface area (Å²) in [7, 11) is 0. The number of aromatic nitrogens is 1. The normalized spacial score (nSPS) is 13.3. The summed E-state index contributed by atoms with van der Waals surface area (Å²) in [4.78, 5) is 0. The van der Waals surface area contributed by atoms with Crippen LogP contribution in [0.1, 0.15) is 6.92 Å². The Hall–Kier alpha value is -1.35. The number of benzene rings is 1. The lowest BCUT2D eigenvalue weighted by atomic mass is 10.2. The summed E-state index contributed by atoms with van der Waals surface area (Å²) < 4.78 is 15.1. The molecule has 2 aromatic rings. The van der Waals surface area contributed by atoms with Crippen molar-refractivity contribution in [2.75, 3.05) is 6.54 Å². The smallest absolute Gasteiger partial charge is 0.125 e. The molecule has 2 N–H and O–H groups in total. The zero-order chi connectivity index (χ0) is 10.8. The molecule has 0 saturated carbocycles. The maximum atomic E-state index is 13.1. The molecule has 3 heteroatoms. The topological polar surface area (TPSA) is 30.9 Å². The van der Waals surface area contributed by atoms with Crippen molar-refractivity contribution in [1.29, 1.82) is 0 Å². The van der Waals surface area contributed by atoms with Crippen molar-refractivity contribution < 1.29 is 4.39 Å². The molecule has 0 amide bonds. The fraction of sp³-hybridized carbons (Fsp3) is 0.333. The summed E-state index contributed by atoms with van der Waals surface area (Å²) in [5.74, 6) is 0.215. The zero-order valence-electron chi connectivity index (χ0n) is 8.78. The Morgan fingerprint density at radius 3 is 2.93 bits per heavy atom. The van der Waals surface area contributed by atoms with Gasteiger partial charge in [-0.25, -0.2) is 4.39 Å². The largest absolute Gasteiger partial charge is 0.347 e. The monoisotopic (exact) mass is 206 g/mol. The molecule has 2 rings (SSSR count). The van der Waals surface area contributed by atoms with Crippen LogP contribution in [-0.2, 0) is 6.54 Å². The maximum absolute atomic E-state index is 13.1. The van der Waals surface area contributed by atoms with Crippen LogP contribution in [0, 0.1) is 11.7 Å². The van der Waals surface area contributed by atoms with Gasteiger partial charge in [0.15, 0.2) is 0 Å². The molecule has 80 valence electrons. The highest BCUT2D eigenvalue weighted by atomic mass is 19.1. The molecule has 2 nitrogen and oxygen atoms in total. The molecule has 0 spiro atoms. The van der Waals surface area contributed by atoms with Gasteiger partial charge >= 0.3 is 0 Å². The van der Waals surface area contributed by atoms with E-state index < -0.39 is 0 Å². The van der Waals surface area contributed by atoms with E-state index in [2.05, 4.69) is 11.5 Å². The minimum Gasteiger partial charge on any atom is -0.347 e. The lowest BCUT2D eigenvalue weighted by Crippen LogP contribution is -2.16. The van der Waals surface area contributed by atoms with Crippen LogP contribution in [0.15, 0.2) is 30.5 Å². The van der Waals surface area contributed by atoms with Crippen LogP contribution >= 0.6 is 0 Å². The molecule has 0 aliphatic rings. The van der Waals surface area contributed by atoms with Gasteiger partial charge < -0.3 is 10.3 Å². The Morgan fingerprint density at radius 2 is 2.20 bits per heavy atom. The SMILES string of the molecule is CC(CN)Cn1ccc2ccc(F)cc21. The first-order chi connectivity index (χ1) is 7.20. The molecule has 1 aromatic carbocycles. The third kappa shape index (κ3) is 2.02. The van der Waals surface area contributed by atoms with Crippen molar-refractivity contribution in [3.63, 3.8) is 0 Å². The van der Waals surface area contributed by atoms with Crippen molar-refractivity contribution in [2.24, 2.45) is 11.7 Å². The number of nitrogens with zero attached hydrogens (tertiary/aromatic N) is 1. The fourth-order valence-corrected chi connectivity index (χ4v) is 1.73. The number of rotatable bonds is 3. The van der Waals surface area contributed by atoms with Crippen LogP contribution in [0.2, 0.25) is 0 Å². The van der Waals surface area contributed by atoms with Crippen molar-refractivity contribution >= 4 is 10.9 Å². The molecule has 1 aromatic heterocycles. The van der Waals surface area contributed by atoms with Gasteiger partial charge in [-0.15, -0.1) is 0 Å². The van der Waals surface area contributed by atoms with Crippen LogP contribution in [0.3, 0.4) is 0 Å². The van der Waals surface area contributed by atoms with Gasteiger partial charge in [-0.1, -0.05) is 6.92 Å². The summed E-state index contributed by atoms with van der Waals surface area (Å²) in [6.45, 7) is 3.57. The first-order valence-corrected chi connectivity index (χ1v) is 5.15. The van der Waals surface area contributed by atoms with E-state index >= 15 is 0 Å². The molecule has 0 radical (unpaired) electrons. The standard InChI is InChI=1S/C12H15FN2/c1-9(7-14)8-15-5-4-10-2-3-11(13)6-12(10)15/h2-6,9H,7-8,14H2,1H3. The van der Waals surface area contributed by atoms with E-state index in [4.69, 9.17) is 5.73 Å². The molecule has 0 fully saturated rings. The van der Waals surface area contributed by atoms with E-state index in [9.17, 15) is 4.39 Å². The predicted octanol–water partition coefficient (Wildman–Crippen LogP) is 2.38. The van der Waals surface area contributed by atoms with E-state index in [0.29, 0.717) is 12.5 Å². The number of halogens is 1. The van der Waals surface area contributed by atoms with Gasteiger partial charge in [-0.2, -0.15) is 0 Å². The van der Waals surface area contributed by atoms with E-state index in [0.717, 1.165) is 17.4 Å². The molecule has 0 aliphatic heterocycles. The minimum absolute atomic E-state index is 0.192. The summed E-state index contributed by atoms with van der Waals surface area (Å²) in [5, 5.41) is 1.07. The van der Waals surface area contributed by atoms with E-state index in [1.165, 1.54) is 6.07 Å². The predicted molar refractivity (Wildman–Crippen MR) is 60.1 cm³/mol. The maximum Gasteiger partial charge on any atom is 0.125 e. The van der Waals surface area contributed by atoms with Crippen LogP contribution in [0.4, 0.5) is 4.39 Å². The van der Waals surface area contributed by atoms with Crippen molar-refractivity contribution in [2.45, 2.75) is 13.5 Å². The molecule has 0 saturated heterocycles. The van der Waals surface area contributed by atoms with Crippen molar-refractivity contribution in [3.05, 3.63) is 36.3 Å². The molecule has 1 atom stereocenters. The molecule has 0 aliphatic carbocycles. The van der Waals surface area contributed by atoms with Gasteiger partial charge in [0, 0.05) is 12.7 Å². The van der Waals surface area contributed by atoms with Gasteiger partial charge in [0.1, 0.15) is 5.82 Å². The second-order valence-corrected chi connectivity index (χ2v) is 4.01. The molecular formula is C12H15FN2. The average Bonchev–Trinajstić information content (AvgIpc) is 2.61. The fourth-order valence-electron chi connectivity index (χ4n) is 1.73. The number of hydrogen-bond donors (Lipinski definition) is 1. The lowest BCUT2D eigenvalue weighted by Gasteiger charge is -2.10. The zero-order valence-corrected chi connectivity index (χ0v) is 8.78. The highest BCUT2D eigenvalue weighted by molar-refractivity contribution is 5.80. The third-order valence-corrected chi connectivity index (χ3v) is 2.65. The first-order valence-electron chi connectivity index (χ1n) is 5.15. The van der Waals surface area contributed by atoms with Crippen LogP contribution in [0.5, 0.6) is 0 Å². The third-order valence-electron chi connectivity index (χ3n) is 2.65. The second kappa shape index (κ2) is 4.03. The van der Waals surface area contributed by atoms with Crippen molar-refractivity contribution in [1.82, 2.24) is 4.57 Å². The molecular weight excluding hydrogens is 191 g/mol. The first kappa shape index (κ1) is 10.2. The quantitative estimate of drug-likeness (QED) is 0.821. The minimum atomic E-state index is -0.192. The molecule has 0 bridgehead atoms. The Balaban J connectivity index is 2.39. The summed E-state index contributed by atoms with van der Waals surface area (Å²) in [5.41, 5.74) is 6.52. The summed E-state index contributed by atoms with van der Waals surface area (Å²) in [6, 6.07) is 6.85. The highest BCUT2D eigenvalue weighted by Crippen LogP contribution is 2.18.